The minimum absolute atomic E-state index is 0.187. The first kappa shape index (κ1) is 20.3. The predicted molar refractivity (Wildman–Crippen MR) is 106 cm³/mol. The second-order valence-electron chi connectivity index (χ2n) is 8.20. The topological polar surface area (TPSA) is 59.4 Å². The summed E-state index contributed by atoms with van der Waals surface area (Å²) in [6.07, 6.45) is 9.83. The molecule has 0 radical (unpaired) electrons. The van der Waals surface area contributed by atoms with Gasteiger partial charge in [-0.15, -0.1) is 0 Å². The van der Waals surface area contributed by atoms with Crippen molar-refractivity contribution < 1.29 is 9.53 Å². The zero-order chi connectivity index (χ0) is 19.1. The van der Waals surface area contributed by atoms with Crippen LogP contribution in [0.2, 0.25) is 0 Å². The molecule has 0 aliphatic carbocycles. The van der Waals surface area contributed by atoms with E-state index in [2.05, 4.69) is 40.0 Å². The smallest absolute Gasteiger partial charge is 0.220 e. The Morgan fingerprint density at radius 3 is 2.85 bits per heavy atom. The summed E-state index contributed by atoms with van der Waals surface area (Å²) < 4.78 is 7.63. The average molecular weight is 377 g/mol. The second kappa shape index (κ2) is 10.2. The monoisotopic (exact) mass is 376 g/mol. The number of hydrogen-bond acceptors (Lipinski definition) is 4. The summed E-state index contributed by atoms with van der Waals surface area (Å²) in [5.74, 6) is 0.866. The van der Waals surface area contributed by atoms with Crippen LogP contribution in [0.4, 0.5) is 0 Å². The maximum atomic E-state index is 12.1. The fraction of sp³-hybridized carbons (Fsp3) is 0.810. The third-order valence-electron chi connectivity index (χ3n) is 5.93. The van der Waals surface area contributed by atoms with Gasteiger partial charge in [-0.1, -0.05) is 6.92 Å². The Balaban J connectivity index is 1.32. The second-order valence-corrected chi connectivity index (χ2v) is 8.20. The van der Waals surface area contributed by atoms with Crippen molar-refractivity contribution >= 4 is 5.91 Å². The van der Waals surface area contributed by atoms with Crippen LogP contribution in [-0.2, 0) is 22.6 Å². The molecule has 1 amide bonds. The molecule has 2 saturated heterocycles. The molecular weight excluding hydrogens is 340 g/mol. The number of hydrogen-bond donors (Lipinski definition) is 1. The largest absolute Gasteiger partial charge is 0.376 e. The number of carbonyl (C=O) groups excluding carboxylic acids is 1. The zero-order valence-corrected chi connectivity index (χ0v) is 17.1. The van der Waals surface area contributed by atoms with E-state index in [0.29, 0.717) is 18.9 Å². The van der Waals surface area contributed by atoms with Crippen LogP contribution in [0.25, 0.3) is 0 Å². The van der Waals surface area contributed by atoms with Gasteiger partial charge in [-0.25, -0.2) is 0 Å². The number of nitrogens with zero attached hydrogens (tertiary/aromatic N) is 3. The minimum atomic E-state index is 0.187. The van der Waals surface area contributed by atoms with Crippen LogP contribution >= 0.6 is 0 Å². The quantitative estimate of drug-likeness (QED) is 0.720. The van der Waals surface area contributed by atoms with Gasteiger partial charge >= 0.3 is 0 Å². The lowest BCUT2D eigenvalue weighted by Gasteiger charge is -2.31. The van der Waals surface area contributed by atoms with Gasteiger partial charge in [-0.2, -0.15) is 5.10 Å². The highest BCUT2D eigenvalue weighted by Crippen LogP contribution is 2.23. The number of piperidine rings is 1. The fourth-order valence-corrected chi connectivity index (χ4v) is 4.19. The molecule has 3 rings (SSSR count). The van der Waals surface area contributed by atoms with Crippen LogP contribution in [-0.4, -0.2) is 52.9 Å². The molecule has 0 spiro atoms. The summed E-state index contributed by atoms with van der Waals surface area (Å²) in [6, 6.07) is 0. The molecule has 6 heteroatoms. The molecule has 0 unspecified atom stereocenters. The van der Waals surface area contributed by atoms with E-state index in [1.165, 1.54) is 18.4 Å². The average Bonchev–Trinajstić information content (AvgIpc) is 3.30. The molecule has 152 valence electrons. The van der Waals surface area contributed by atoms with E-state index in [9.17, 15) is 4.79 Å². The number of nitrogens with one attached hydrogen (secondary N) is 1. The highest BCUT2D eigenvalue weighted by atomic mass is 16.5. The van der Waals surface area contributed by atoms with Gasteiger partial charge in [0.25, 0.3) is 0 Å². The lowest BCUT2D eigenvalue weighted by Crippen LogP contribution is -2.35. The van der Waals surface area contributed by atoms with Crippen molar-refractivity contribution in [2.75, 3.05) is 26.2 Å². The summed E-state index contributed by atoms with van der Waals surface area (Å²) in [4.78, 5) is 14.6. The molecule has 0 aromatic carbocycles. The van der Waals surface area contributed by atoms with Gasteiger partial charge in [0.05, 0.1) is 11.8 Å². The van der Waals surface area contributed by atoms with E-state index in [-0.39, 0.29) is 12.0 Å². The Hall–Kier alpha value is -1.40. The number of aromatic nitrogens is 2. The Bertz CT molecular complexity index is 587. The summed E-state index contributed by atoms with van der Waals surface area (Å²) in [6.45, 7) is 10.1. The van der Waals surface area contributed by atoms with Crippen molar-refractivity contribution in [3.63, 3.8) is 0 Å². The fourth-order valence-electron chi connectivity index (χ4n) is 4.19. The third-order valence-corrected chi connectivity index (χ3v) is 5.93. The summed E-state index contributed by atoms with van der Waals surface area (Å²) in [5, 5.41) is 7.65. The number of ether oxygens (including phenoxy) is 1. The van der Waals surface area contributed by atoms with E-state index in [1.54, 1.807) is 0 Å². The lowest BCUT2D eigenvalue weighted by molar-refractivity contribution is -0.122. The summed E-state index contributed by atoms with van der Waals surface area (Å²) >= 11 is 0. The van der Waals surface area contributed by atoms with Crippen molar-refractivity contribution in [1.82, 2.24) is 20.0 Å². The van der Waals surface area contributed by atoms with E-state index < -0.39 is 0 Å². The van der Waals surface area contributed by atoms with E-state index in [1.807, 2.05) is 0 Å². The molecule has 1 atom stereocenters. The molecule has 2 aliphatic rings. The van der Waals surface area contributed by atoms with Gasteiger partial charge in [-0.3, -0.25) is 14.4 Å². The van der Waals surface area contributed by atoms with Crippen molar-refractivity contribution in [2.45, 2.75) is 78.0 Å². The first-order valence-electron chi connectivity index (χ1n) is 10.8. The number of rotatable bonds is 9. The van der Waals surface area contributed by atoms with Crippen molar-refractivity contribution in [3.8, 4) is 0 Å². The van der Waals surface area contributed by atoms with E-state index in [4.69, 9.17) is 4.74 Å². The molecule has 3 heterocycles. The Morgan fingerprint density at radius 1 is 1.33 bits per heavy atom. The molecular formula is C21H36N4O2. The standard InChI is InChI=1S/C21H36N4O2/c1-3-10-25-16-19(17(2)23-25)15-24-11-8-18(9-12-24)6-7-21(26)22-14-20-5-4-13-27-20/h16,18,20H,3-15H2,1-2H3,(H,22,26)/t20-/m1/s1. The number of likely N-dealkylation sites (tertiary alicyclic amines) is 1. The van der Waals surface area contributed by atoms with Gasteiger partial charge in [0.1, 0.15) is 0 Å². The SMILES string of the molecule is CCCn1cc(CN2CCC(CCC(=O)NC[C@H]3CCCO3)CC2)c(C)n1. The molecule has 1 aromatic rings. The van der Waals surface area contributed by atoms with Gasteiger partial charge in [0.15, 0.2) is 0 Å². The highest BCUT2D eigenvalue weighted by molar-refractivity contribution is 5.75. The van der Waals surface area contributed by atoms with Gasteiger partial charge < -0.3 is 10.1 Å². The Morgan fingerprint density at radius 2 is 2.15 bits per heavy atom. The third kappa shape index (κ3) is 6.32. The summed E-state index contributed by atoms with van der Waals surface area (Å²) in [5.41, 5.74) is 2.52. The zero-order valence-electron chi connectivity index (χ0n) is 17.1. The van der Waals surface area contributed by atoms with Crippen LogP contribution in [0.15, 0.2) is 6.20 Å². The lowest BCUT2D eigenvalue weighted by atomic mass is 9.92. The number of carbonyl (C=O) groups is 1. The van der Waals surface area contributed by atoms with Gasteiger partial charge in [0, 0.05) is 44.4 Å². The molecule has 2 fully saturated rings. The number of aryl methyl sites for hydroxylation is 2. The predicted octanol–water partition coefficient (Wildman–Crippen LogP) is 2.89. The molecule has 27 heavy (non-hydrogen) atoms. The molecule has 0 saturated carbocycles. The van der Waals surface area contributed by atoms with Crippen LogP contribution in [0.1, 0.15) is 63.1 Å². The van der Waals surface area contributed by atoms with Gasteiger partial charge in [-0.05, 0) is 64.5 Å². The molecule has 1 aromatic heterocycles. The molecule has 2 aliphatic heterocycles. The van der Waals surface area contributed by atoms with E-state index >= 15 is 0 Å². The maximum absolute atomic E-state index is 12.1. The van der Waals surface area contributed by atoms with Crippen LogP contribution in [0, 0.1) is 12.8 Å². The highest BCUT2D eigenvalue weighted by Gasteiger charge is 2.21. The van der Waals surface area contributed by atoms with Crippen molar-refractivity contribution in [2.24, 2.45) is 5.92 Å². The summed E-state index contributed by atoms with van der Waals surface area (Å²) in [7, 11) is 0. The van der Waals surface area contributed by atoms with Crippen molar-refractivity contribution in [3.05, 3.63) is 17.5 Å². The van der Waals surface area contributed by atoms with Gasteiger partial charge in [0.2, 0.25) is 5.91 Å². The molecule has 6 nitrogen and oxygen atoms in total. The van der Waals surface area contributed by atoms with Crippen molar-refractivity contribution in [1.29, 1.82) is 0 Å². The maximum Gasteiger partial charge on any atom is 0.220 e. The Labute approximate surface area is 163 Å². The van der Waals surface area contributed by atoms with Crippen LogP contribution in [0.5, 0.6) is 0 Å². The van der Waals surface area contributed by atoms with E-state index in [0.717, 1.165) is 64.2 Å². The normalized spacial score (nSPS) is 21.6. The van der Waals surface area contributed by atoms with Crippen LogP contribution < -0.4 is 5.32 Å². The molecule has 0 bridgehead atoms. The molecule has 1 N–H and O–H groups in total. The first-order chi connectivity index (χ1) is 13.1. The minimum Gasteiger partial charge on any atom is -0.376 e. The van der Waals surface area contributed by atoms with Crippen LogP contribution in [0.3, 0.4) is 0 Å². The Kier molecular flexibility index (Phi) is 7.70. The first-order valence-corrected chi connectivity index (χ1v) is 10.8. The number of amides is 1.